The highest BCUT2D eigenvalue weighted by Gasteiger charge is 2.11. The molecule has 0 atom stereocenters. The first-order chi connectivity index (χ1) is 9.65. The molecule has 0 amide bonds. The van der Waals surface area contributed by atoms with E-state index in [9.17, 15) is 10.1 Å². The molecule has 0 aliphatic heterocycles. The summed E-state index contributed by atoms with van der Waals surface area (Å²) >= 11 is 6.23. The molecular weight excluding hydrogens is 276 g/mol. The van der Waals surface area contributed by atoms with Crippen molar-refractivity contribution in [2.45, 2.75) is 0 Å². The molecular formula is C15H9ClN2O2. The average molecular weight is 285 g/mol. The van der Waals surface area contributed by atoms with E-state index >= 15 is 0 Å². The number of pyridine rings is 1. The maximum absolute atomic E-state index is 10.8. The van der Waals surface area contributed by atoms with Crippen LogP contribution in [-0.2, 0) is 0 Å². The number of hydrogen-bond donors (Lipinski definition) is 0. The summed E-state index contributed by atoms with van der Waals surface area (Å²) in [6, 6.07) is 15.9. The second-order valence-electron chi connectivity index (χ2n) is 4.31. The van der Waals surface area contributed by atoms with Gasteiger partial charge in [-0.3, -0.25) is 10.1 Å². The van der Waals surface area contributed by atoms with Crippen LogP contribution in [0, 0.1) is 10.1 Å². The summed E-state index contributed by atoms with van der Waals surface area (Å²) in [7, 11) is 0. The van der Waals surface area contributed by atoms with Gasteiger partial charge in [-0.15, -0.1) is 0 Å². The number of nitro groups is 1. The largest absolute Gasteiger partial charge is 0.270 e. The zero-order chi connectivity index (χ0) is 14.1. The molecule has 0 spiro atoms. The predicted octanol–water partition coefficient (Wildman–Crippen LogP) is 4.46. The molecule has 5 heteroatoms. The molecule has 3 rings (SSSR count). The van der Waals surface area contributed by atoms with E-state index in [1.54, 1.807) is 12.1 Å². The molecule has 3 aromatic rings. The first-order valence-corrected chi connectivity index (χ1v) is 6.33. The maximum atomic E-state index is 10.8. The number of non-ortho nitro benzene ring substituents is 1. The van der Waals surface area contributed by atoms with Gasteiger partial charge in [0.05, 0.1) is 21.2 Å². The van der Waals surface area contributed by atoms with Crippen molar-refractivity contribution in [3.63, 3.8) is 0 Å². The van der Waals surface area contributed by atoms with E-state index in [1.165, 1.54) is 12.1 Å². The van der Waals surface area contributed by atoms with Crippen LogP contribution in [0.4, 0.5) is 5.69 Å². The first kappa shape index (κ1) is 12.6. The second kappa shape index (κ2) is 4.90. The molecule has 0 radical (unpaired) electrons. The number of aromatic nitrogens is 1. The molecule has 0 fully saturated rings. The number of fused-ring (bicyclic) bond motifs is 1. The van der Waals surface area contributed by atoms with Crippen LogP contribution in [-0.4, -0.2) is 9.91 Å². The van der Waals surface area contributed by atoms with Crippen molar-refractivity contribution in [1.82, 2.24) is 4.98 Å². The van der Waals surface area contributed by atoms with E-state index < -0.39 is 4.92 Å². The first-order valence-electron chi connectivity index (χ1n) is 5.95. The van der Waals surface area contributed by atoms with Crippen LogP contribution in [0.5, 0.6) is 0 Å². The van der Waals surface area contributed by atoms with Gasteiger partial charge in [0.25, 0.3) is 5.69 Å². The number of halogens is 1. The molecule has 0 unspecified atom stereocenters. The van der Waals surface area contributed by atoms with Crippen molar-refractivity contribution in [1.29, 1.82) is 0 Å². The minimum atomic E-state index is -0.444. The standard InChI is InChI=1S/C15H9ClN2O2/c16-13-9-15(10-4-2-1-3-5-10)17-14-7-6-11(18(19)20)8-12(13)14/h1-9H. The fourth-order valence-electron chi connectivity index (χ4n) is 2.04. The van der Waals surface area contributed by atoms with E-state index in [4.69, 9.17) is 11.6 Å². The van der Waals surface area contributed by atoms with E-state index in [0.717, 1.165) is 11.3 Å². The van der Waals surface area contributed by atoms with Crippen LogP contribution in [0.25, 0.3) is 22.2 Å². The van der Waals surface area contributed by atoms with Gasteiger partial charge in [-0.25, -0.2) is 4.98 Å². The Morgan fingerprint density at radius 3 is 2.50 bits per heavy atom. The van der Waals surface area contributed by atoms with Gasteiger partial charge in [0.1, 0.15) is 0 Å². The van der Waals surface area contributed by atoms with Gasteiger partial charge in [0, 0.05) is 23.1 Å². The Kier molecular flexibility index (Phi) is 3.08. The molecule has 0 saturated heterocycles. The number of hydrogen-bond acceptors (Lipinski definition) is 3. The predicted molar refractivity (Wildman–Crippen MR) is 78.8 cm³/mol. The van der Waals surface area contributed by atoms with Gasteiger partial charge in [0.15, 0.2) is 0 Å². The van der Waals surface area contributed by atoms with Crippen molar-refractivity contribution >= 4 is 28.2 Å². The Morgan fingerprint density at radius 2 is 1.80 bits per heavy atom. The molecule has 0 N–H and O–H groups in total. The molecule has 0 aliphatic rings. The summed E-state index contributed by atoms with van der Waals surface area (Å²) < 4.78 is 0. The molecule has 4 nitrogen and oxygen atoms in total. The van der Waals surface area contributed by atoms with Crippen molar-refractivity contribution in [3.8, 4) is 11.3 Å². The second-order valence-corrected chi connectivity index (χ2v) is 4.72. The Hall–Kier alpha value is -2.46. The monoisotopic (exact) mass is 284 g/mol. The van der Waals surface area contributed by atoms with Gasteiger partial charge < -0.3 is 0 Å². The third-order valence-electron chi connectivity index (χ3n) is 3.02. The van der Waals surface area contributed by atoms with Gasteiger partial charge in [-0.2, -0.15) is 0 Å². The SMILES string of the molecule is O=[N+]([O-])c1ccc2nc(-c3ccccc3)cc(Cl)c2c1. The average Bonchev–Trinajstić information content (AvgIpc) is 2.47. The Bertz CT molecular complexity index is 804. The van der Waals surface area contributed by atoms with Gasteiger partial charge >= 0.3 is 0 Å². The summed E-state index contributed by atoms with van der Waals surface area (Å²) in [4.78, 5) is 14.8. The lowest BCUT2D eigenvalue weighted by Gasteiger charge is -2.05. The minimum Gasteiger partial charge on any atom is -0.258 e. The maximum Gasteiger partial charge on any atom is 0.270 e. The summed E-state index contributed by atoms with van der Waals surface area (Å²) in [5.74, 6) is 0. The Balaban J connectivity index is 2.21. The number of rotatable bonds is 2. The number of nitro benzene ring substituents is 1. The summed E-state index contributed by atoms with van der Waals surface area (Å²) in [6.07, 6.45) is 0. The third-order valence-corrected chi connectivity index (χ3v) is 3.33. The van der Waals surface area contributed by atoms with E-state index in [0.29, 0.717) is 15.9 Å². The van der Waals surface area contributed by atoms with Crippen LogP contribution in [0.1, 0.15) is 0 Å². The van der Waals surface area contributed by atoms with E-state index in [2.05, 4.69) is 4.98 Å². The van der Waals surface area contributed by atoms with Crippen LogP contribution in [0.2, 0.25) is 5.02 Å². The lowest BCUT2D eigenvalue weighted by Crippen LogP contribution is -1.90. The lowest BCUT2D eigenvalue weighted by atomic mass is 10.1. The smallest absolute Gasteiger partial charge is 0.258 e. The lowest BCUT2D eigenvalue weighted by molar-refractivity contribution is -0.384. The van der Waals surface area contributed by atoms with Gasteiger partial charge in [-0.05, 0) is 12.1 Å². The molecule has 0 aliphatic carbocycles. The Morgan fingerprint density at radius 1 is 1.05 bits per heavy atom. The highest BCUT2D eigenvalue weighted by Crippen LogP contribution is 2.30. The molecule has 1 heterocycles. The minimum absolute atomic E-state index is 0.00802. The molecule has 2 aromatic carbocycles. The van der Waals surface area contributed by atoms with Crippen LogP contribution in [0.3, 0.4) is 0 Å². The highest BCUT2D eigenvalue weighted by molar-refractivity contribution is 6.35. The topological polar surface area (TPSA) is 56.0 Å². The summed E-state index contributed by atoms with van der Waals surface area (Å²) in [6.45, 7) is 0. The fourth-order valence-corrected chi connectivity index (χ4v) is 2.30. The third kappa shape index (κ3) is 2.21. The fraction of sp³-hybridized carbons (Fsp3) is 0. The number of benzene rings is 2. The van der Waals surface area contributed by atoms with Gasteiger partial charge in [0.2, 0.25) is 0 Å². The van der Waals surface area contributed by atoms with Crippen molar-refractivity contribution in [3.05, 3.63) is 69.7 Å². The van der Waals surface area contributed by atoms with Crippen LogP contribution >= 0.6 is 11.6 Å². The normalized spacial score (nSPS) is 10.7. The molecule has 20 heavy (non-hydrogen) atoms. The molecule has 0 bridgehead atoms. The van der Waals surface area contributed by atoms with Crippen LogP contribution in [0.15, 0.2) is 54.6 Å². The van der Waals surface area contributed by atoms with Crippen molar-refractivity contribution < 1.29 is 4.92 Å². The van der Waals surface area contributed by atoms with Crippen molar-refractivity contribution in [2.75, 3.05) is 0 Å². The quantitative estimate of drug-likeness (QED) is 0.515. The Labute approximate surface area is 119 Å². The molecule has 98 valence electrons. The van der Waals surface area contributed by atoms with Crippen molar-refractivity contribution in [2.24, 2.45) is 0 Å². The van der Waals surface area contributed by atoms with E-state index in [-0.39, 0.29) is 5.69 Å². The summed E-state index contributed by atoms with van der Waals surface area (Å²) in [5.41, 5.74) is 2.35. The zero-order valence-electron chi connectivity index (χ0n) is 10.3. The van der Waals surface area contributed by atoms with Crippen LogP contribution < -0.4 is 0 Å². The van der Waals surface area contributed by atoms with E-state index in [1.807, 2.05) is 30.3 Å². The number of nitrogens with zero attached hydrogens (tertiary/aromatic N) is 2. The van der Waals surface area contributed by atoms with Gasteiger partial charge in [-0.1, -0.05) is 41.9 Å². The molecule has 0 saturated carbocycles. The summed E-state index contributed by atoms with van der Waals surface area (Å²) in [5, 5.41) is 11.8. The molecule has 1 aromatic heterocycles. The highest BCUT2D eigenvalue weighted by atomic mass is 35.5. The zero-order valence-corrected chi connectivity index (χ0v) is 11.0.